The van der Waals surface area contributed by atoms with Crippen LogP contribution >= 0.6 is 0 Å². The molecule has 2 heterocycles. The molecule has 3 amide bonds. The van der Waals surface area contributed by atoms with Gasteiger partial charge in [-0.2, -0.15) is 0 Å². The molecule has 2 aliphatic heterocycles. The van der Waals surface area contributed by atoms with Crippen LogP contribution in [0.5, 0.6) is 0 Å². The van der Waals surface area contributed by atoms with Gasteiger partial charge in [0.05, 0.1) is 0 Å². The minimum absolute atomic E-state index is 0.0158. The van der Waals surface area contributed by atoms with Gasteiger partial charge in [-0.15, -0.1) is 0 Å². The summed E-state index contributed by atoms with van der Waals surface area (Å²) in [5, 5.41) is 3.07. The fraction of sp³-hybridized carbons (Fsp3) is 0.652. The molecule has 0 radical (unpaired) electrons. The third-order valence-electron chi connectivity index (χ3n) is 6.26. The number of carbonyl (C=O) groups is 2. The van der Waals surface area contributed by atoms with Gasteiger partial charge in [0.2, 0.25) is 5.91 Å². The molecule has 1 spiro atoms. The van der Waals surface area contributed by atoms with E-state index < -0.39 is 0 Å². The van der Waals surface area contributed by atoms with Crippen LogP contribution in [0.2, 0.25) is 0 Å². The molecule has 1 aromatic rings. The first-order chi connectivity index (χ1) is 13.4. The van der Waals surface area contributed by atoms with Crippen LogP contribution in [0.1, 0.15) is 58.4 Å². The van der Waals surface area contributed by atoms with E-state index in [4.69, 9.17) is 0 Å². The Morgan fingerprint density at radius 1 is 1.25 bits per heavy atom. The molecule has 154 valence electrons. The Morgan fingerprint density at radius 2 is 2.07 bits per heavy atom. The van der Waals surface area contributed by atoms with Crippen LogP contribution in [0.15, 0.2) is 24.3 Å². The lowest BCUT2D eigenvalue weighted by Crippen LogP contribution is -2.55. The van der Waals surface area contributed by atoms with Crippen LogP contribution in [0, 0.1) is 11.3 Å². The number of amides is 3. The van der Waals surface area contributed by atoms with Crippen molar-refractivity contribution in [3.63, 3.8) is 0 Å². The van der Waals surface area contributed by atoms with Gasteiger partial charge in [-0.05, 0) is 55.7 Å². The van der Waals surface area contributed by atoms with Crippen molar-refractivity contribution in [3.05, 3.63) is 29.8 Å². The van der Waals surface area contributed by atoms with Gasteiger partial charge in [0.25, 0.3) is 0 Å². The van der Waals surface area contributed by atoms with Gasteiger partial charge in [0, 0.05) is 43.7 Å². The van der Waals surface area contributed by atoms with Crippen LogP contribution in [0.3, 0.4) is 0 Å². The lowest BCUT2D eigenvalue weighted by Gasteiger charge is -2.48. The molecule has 3 rings (SSSR count). The number of benzene rings is 1. The first-order valence-electron chi connectivity index (χ1n) is 10.8. The number of likely N-dealkylation sites (tertiary alicyclic amines) is 2. The lowest BCUT2D eigenvalue weighted by molar-refractivity contribution is -0.139. The van der Waals surface area contributed by atoms with Crippen molar-refractivity contribution in [3.8, 4) is 0 Å². The lowest BCUT2D eigenvalue weighted by atomic mass is 9.73. The van der Waals surface area contributed by atoms with Gasteiger partial charge in [0.1, 0.15) is 0 Å². The molecule has 1 atom stereocenters. The minimum atomic E-state index is -0.0158. The molecule has 0 aromatic heterocycles. The Labute approximate surface area is 169 Å². The molecule has 0 aliphatic carbocycles. The third kappa shape index (κ3) is 5.06. The molecule has 1 N–H and O–H groups in total. The number of urea groups is 1. The topological polar surface area (TPSA) is 52.7 Å². The molecule has 5 heteroatoms. The normalized spacial score (nSPS) is 22.8. The molecule has 0 unspecified atom stereocenters. The zero-order valence-electron chi connectivity index (χ0n) is 17.7. The van der Waals surface area contributed by atoms with Crippen LogP contribution in [0.4, 0.5) is 10.5 Å². The first kappa shape index (κ1) is 20.7. The van der Waals surface area contributed by atoms with Crippen molar-refractivity contribution >= 4 is 17.6 Å². The van der Waals surface area contributed by atoms with Gasteiger partial charge in [-0.25, -0.2) is 4.79 Å². The van der Waals surface area contributed by atoms with Crippen molar-refractivity contribution in [1.29, 1.82) is 0 Å². The quantitative estimate of drug-likeness (QED) is 0.809. The Hall–Kier alpha value is -2.04. The molecule has 5 nitrogen and oxygen atoms in total. The third-order valence-corrected chi connectivity index (χ3v) is 6.26. The smallest absolute Gasteiger partial charge is 0.321 e. The average molecular weight is 386 g/mol. The minimum Gasteiger partial charge on any atom is -0.342 e. The van der Waals surface area contributed by atoms with E-state index >= 15 is 0 Å². The van der Waals surface area contributed by atoms with E-state index in [-0.39, 0.29) is 17.4 Å². The number of hydrogen-bond acceptors (Lipinski definition) is 2. The number of aryl methyl sites for hydroxylation is 1. The summed E-state index contributed by atoms with van der Waals surface area (Å²) in [5.74, 6) is 0.877. The summed E-state index contributed by atoms with van der Waals surface area (Å²) < 4.78 is 0. The summed E-state index contributed by atoms with van der Waals surface area (Å²) in [6.07, 6.45) is 5.63. The standard InChI is InChI=1S/C23H35N3O2/c1-4-19-7-5-8-20(15-19)24-22(28)26-13-6-11-23(17-26)12-9-21(27)25(16-23)14-10-18(2)3/h5,7-8,15,18H,4,6,9-14,16-17H2,1-3H3,(H,24,28)/t23-/m1/s1. The zero-order chi connectivity index (χ0) is 20.1. The van der Waals surface area contributed by atoms with Crippen molar-refractivity contribution in [2.24, 2.45) is 11.3 Å². The van der Waals surface area contributed by atoms with Crippen molar-refractivity contribution in [2.45, 2.75) is 59.3 Å². The molecule has 1 aromatic carbocycles. The molecule has 0 bridgehead atoms. The van der Waals surface area contributed by atoms with Crippen molar-refractivity contribution < 1.29 is 9.59 Å². The van der Waals surface area contributed by atoms with E-state index in [0.717, 1.165) is 64.0 Å². The fourth-order valence-electron chi connectivity index (χ4n) is 4.51. The molecule has 28 heavy (non-hydrogen) atoms. The predicted octanol–water partition coefficient (Wildman–Crippen LogP) is 4.53. The zero-order valence-corrected chi connectivity index (χ0v) is 17.7. The van der Waals surface area contributed by atoms with Crippen molar-refractivity contribution in [1.82, 2.24) is 9.80 Å². The van der Waals surface area contributed by atoms with Crippen LogP contribution < -0.4 is 5.32 Å². The monoisotopic (exact) mass is 385 g/mol. The summed E-state index contributed by atoms with van der Waals surface area (Å²) in [4.78, 5) is 29.3. The van der Waals surface area contributed by atoms with Gasteiger partial charge in [0.15, 0.2) is 0 Å². The van der Waals surface area contributed by atoms with Gasteiger partial charge in [-0.3, -0.25) is 4.79 Å². The fourth-order valence-corrected chi connectivity index (χ4v) is 4.51. The summed E-state index contributed by atoms with van der Waals surface area (Å²) in [6, 6.07) is 8.05. The molecule has 2 saturated heterocycles. The van der Waals surface area contributed by atoms with Gasteiger partial charge >= 0.3 is 6.03 Å². The van der Waals surface area contributed by atoms with E-state index in [1.165, 1.54) is 5.56 Å². The Morgan fingerprint density at radius 3 is 2.82 bits per heavy atom. The van der Waals surface area contributed by atoms with E-state index in [0.29, 0.717) is 12.3 Å². The maximum atomic E-state index is 12.9. The molecule has 2 aliphatic rings. The summed E-state index contributed by atoms with van der Waals surface area (Å²) in [6.45, 7) is 9.69. The molecule has 0 saturated carbocycles. The van der Waals surface area contributed by atoms with E-state index in [9.17, 15) is 9.59 Å². The Balaban J connectivity index is 1.63. The highest BCUT2D eigenvalue weighted by atomic mass is 16.2. The Kier molecular flexibility index (Phi) is 6.63. The van der Waals surface area contributed by atoms with Crippen LogP contribution in [0.25, 0.3) is 0 Å². The van der Waals surface area contributed by atoms with Gasteiger partial charge in [-0.1, -0.05) is 32.9 Å². The highest BCUT2D eigenvalue weighted by molar-refractivity contribution is 5.89. The first-order valence-corrected chi connectivity index (χ1v) is 10.8. The molecular weight excluding hydrogens is 350 g/mol. The van der Waals surface area contributed by atoms with E-state index in [1.54, 1.807) is 0 Å². The maximum Gasteiger partial charge on any atom is 0.321 e. The molecular formula is C23H35N3O2. The number of nitrogens with zero attached hydrogens (tertiary/aromatic N) is 2. The number of rotatable bonds is 5. The highest BCUT2D eigenvalue weighted by Crippen LogP contribution is 2.39. The van der Waals surface area contributed by atoms with E-state index in [2.05, 4.69) is 37.1 Å². The highest BCUT2D eigenvalue weighted by Gasteiger charge is 2.42. The number of carbonyl (C=O) groups excluding carboxylic acids is 2. The summed E-state index contributed by atoms with van der Waals surface area (Å²) in [5.41, 5.74) is 2.15. The number of nitrogens with one attached hydrogen (secondary N) is 1. The molecule has 2 fully saturated rings. The SMILES string of the molecule is CCc1cccc(NC(=O)N2CCC[C@]3(CCC(=O)N(CCC(C)C)C3)C2)c1. The van der Waals surface area contributed by atoms with Crippen LogP contribution in [-0.2, 0) is 11.2 Å². The second-order valence-corrected chi connectivity index (χ2v) is 9.01. The second kappa shape index (κ2) is 8.97. The van der Waals surface area contributed by atoms with Crippen LogP contribution in [-0.4, -0.2) is 47.9 Å². The number of piperidine rings is 2. The second-order valence-electron chi connectivity index (χ2n) is 9.01. The number of anilines is 1. The van der Waals surface area contributed by atoms with E-state index in [1.807, 2.05) is 23.1 Å². The number of hydrogen-bond donors (Lipinski definition) is 1. The largest absolute Gasteiger partial charge is 0.342 e. The van der Waals surface area contributed by atoms with Crippen molar-refractivity contribution in [2.75, 3.05) is 31.5 Å². The Bertz CT molecular complexity index is 703. The van der Waals surface area contributed by atoms with Gasteiger partial charge < -0.3 is 15.1 Å². The summed E-state index contributed by atoms with van der Waals surface area (Å²) >= 11 is 0. The average Bonchev–Trinajstić information content (AvgIpc) is 2.69. The summed E-state index contributed by atoms with van der Waals surface area (Å²) in [7, 11) is 0. The maximum absolute atomic E-state index is 12.9. The predicted molar refractivity (Wildman–Crippen MR) is 113 cm³/mol.